The zero-order valence-electron chi connectivity index (χ0n) is 13.4. The van der Waals surface area contributed by atoms with Crippen molar-refractivity contribution < 1.29 is 9.59 Å². The second kappa shape index (κ2) is 8.77. The predicted octanol–water partition coefficient (Wildman–Crippen LogP) is 2.23. The minimum absolute atomic E-state index is 0.0707. The number of nitrogens with one attached hydrogen (secondary N) is 1. The summed E-state index contributed by atoms with van der Waals surface area (Å²) >= 11 is 0. The molecule has 2 rings (SSSR count). The molecule has 122 valence electrons. The molecule has 0 aromatic rings. The first-order valence-corrected chi connectivity index (χ1v) is 8.60. The van der Waals surface area contributed by atoms with E-state index in [9.17, 15) is 9.59 Å². The summed E-state index contributed by atoms with van der Waals surface area (Å²) in [7, 11) is 0. The molecule has 0 aromatic carbocycles. The lowest BCUT2D eigenvalue weighted by atomic mass is 9.86. The summed E-state index contributed by atoms with van der Waals surface area (Å²) in [6.45, 7) is 2.25. The van der Waals surface area contributed by atoms with Gasteiger partial charge in [0.25, 0.3) is 0 Å². The second-order valence-corrected chi connectivity index (χ2v) is 6.67. The Bertz CT molecular complexity index is 416. The number of nitrogens with zero attached hydrogens (tertiary/aromatic N) is 2. The van der Waals surface area contributed by atoms with Crippen molar-refractivity contribution in [3.8, 4) is 6.07 Å². The normalized spacial score (nSPS) is 20.4. The fourth-order valence-corrected chi connectivity index (χ4v) is 3.55. The van der Waals surface area contributed by atoms with Crippen molar-refractivity contribution >= 4 is 11.8 Å². The third-order valence-electron chi connectivity index (χ3n) is 4.98. The summed E-state index contributed by atoms with van der Waals surface area (Å²) in [5.41, 5.74) is 0. The first-order valence-electron chi connectivity index (χ1n) is 8.60. The van der Waals surface area contributed by atoms with E-state index in [0.717, 1.165) is 32.4 Å². The maximum atomic E-state index is 12.3. The van der Waals surface area contributed by atoms with Gasteiger partial charge in [-0.25, -0.2) is 0 Å². The summed E-state index contributed by atoms with van der Waals surface area (Å²) < 4.78 is 0. The van der Waals surface area contributed by atoms with Crippen LogP contribution in [0, 0.1) is 23.2 Å². The Morgan fingerprint density at radius 2 is 1.73 bits per heavy atom. The van der Waals surface area contributed by atoms with Gasteiger partial charge in [0, 0.05) is 26.1 Å². The van der Waals surface area contributed by atoms with Gasteiger partial charge in [0.05, 0.1) is 6.07 Å². The molecule has 0 atom stereocenters. The van der Waals surface area contributed by atoms with Crippen LogP contribution in [0.4, 0.5) is 0 Å². The van der Waals surface area contributed by atoms with E-state index in [-0.39, 0.29) is 12.3 Å². The van der Waals surface area contributed by atoms with Gasteiger partial charge in [-0.15, -0.1) is 0 Å². The van der Waals surface area contributed by atoms with Gasteiger partial charge in [0.2, 0.25) is 11.8 Å². The monoisotopic (exact) mass is 305 g/mol. The molecule has 1 saturated carbocycles. The van der Waals surface area contributed by atoms with Crippen molar-refractivity contribution in [1.29, 1.82) is 5.26 Å². The van der Waals surface area contributed by atoms with Crippen LogP contribution in [0.1, 0.15) is 57.8 Å². The van der Waals surface area contributed by atoms with Gasteiger partial charge in [-0.1, -0.05) is 19.3 Å². The Labute approximate surface area is 133 Å². The Hall–Kier alpha value is -1.57. The summed E-state index contributed by atoms with van der Waals surface area (Å²) in [4.78, 5) is 25.6. The molecule has 1 saturated heterocycles. The summed E-state index contributed by atoms with van der Waals surface area (Å²) in [6.07, 6.45) is 8.87. The van der Waals surface area contributed by atoms with Crippen molar-refractivity contribution in [2.24, 2.45) is 11.8 Å². The molecule has 5 nitrogen and oxygen atoms in total. The summed E-state index contributed by atoms with van der Waals surface area (Å²) in [5, 5.41) is 11.2. The number of nitriles is 1. The molecule has 0 aromatic heterocycles. The van der Waals surface area contributed by atoms with Crippen molar-refractivity contribution in [2.75, 3.05) is 19.6 Å². The van der Waals surface area contributed by atoms with E-state index >= 15 is 0 Å². The zero-order valence-corrected chi connectivity index (χ0v) is 13.4. The zero-order chi connectivity index (χ0) is 15.8. The van der Waals surface area contributed by atoms with Gasteiger partial charge in [0.1, 0.15) is 6.42 Å². The Balaban J connectivity index is 1.64. The molecule has 1 heterocycles. The summed E-state index contributed by atoms with van der Waals surface area (Å²) in [5.74, 6) is 1.16. The Morgan fingerprint density at radius 1 is 1.05 bits per heavy atom. The van der Waals surface area contributed by atoms with Gasteiger partial charge >= 0.3 is 0 Å². The number of rotatable bonds is 5. The molecule has 1 N–H and O–H groups in total. The highest BCUT2D eigenvalue weighted by Gasteiger charge is 2.25. The quantitative estimate of drug-likeness (QED) is 0.846. The number of amides is 2. The smallest absolute Gasteiger partial charge is 0.234 e. The van der Waals surface area contributed by atoms with Gasteiger partial charge in [0.15, 0.2) is 0 Å². The van der Waals surface area contributed by atoms with E-state index in [1.807, 2.05) is 11.0 Å². The van der Waals surface area contributed by atoms with E-state index in [2.05, 4.69) is 5.32 Å². The predicted molar refractivity (Wildman–Crippen MR) is 83.7 cm³/mol. The number of hydrogen-bond acceptors (Lipinski definition) is 3. The van der Waals surface area contributed by atoms with Crippen molar-refractivity contribution in [3.05, 3.63) is 0 Å². The van der Waals surface area contributed by atoms with Crippen LogP contribution in [-0.2, 0) is 9.59 Å². The van der Waals surface area contributed by atoms with Crippen LogP contribution in [0.2, 0.25) is 0 Å². The minimum Gasteiger partial charge on any atom is -0.355 e. The largest absolute Gasteiger partial charge is 0.355 e. The fraction of sp³-hybridized carbons (Fsp3) is 0.824. The van der Waals surface area contributed by atoms with Crippen LogP contribution in [0.25, 0.3) is 0 Å². The van der Waals surface area contributed by atoms with Crippen molar-refractivity contribution in [1.82, 2.24) is 10.2 Å². The molecule has 1 aliphatic heterocycles. The maximum Gasteiger partial charge on any atom is 0.234 e. The SMILES string of the molecule is N#CCC(=O)NCC1CCN(C(=O)CC2CCCCC2)CC1. The third kappa shape index (κ3) is 5.32. The van der Waals surface area contributed by atoms with E-state index in [1.54, 1.807) is 0 Å². The second-order valence-electron chi connectivity index (χ2n) is 6.67. The van der Waals surface area contributed by atoms with Crippen LogP contribution >= 0.6 is 0 Å². The standard InChI is InChI=1S/C17H27N3O2/c18-9-6-16(21)19-13-15-7-10-20(11-8-15)17(22)12-14-4-2-1-3-5-14/h14-15H,1-8,10-13H2,(H,19,21). The first-order chi connectivity index (χ1) is 10.7. The molecule has 2 fully saturated rings. The molecule has 1 aliphatic carbocycles. The van der Waals surface area contributed by atoms with Crippen LogP contribution < -0.4 is 5.32 Å². The van der Waals surface area contributed by atoms with Crippen molar-refractivity contribution in [2.45, 2.75) is 57.8 Å². The number of likely N-dealkylation sites (tertiary alicyclic amines) is 1. The lowest BCUT2D eigenvalue weighted by molar-refractivity contribution is -0.134. The molecular formula is C17H27N3O2. The average Bonchev–Trinajstić information content (AvgIpc) is 2.54. The molecule has 0 radical (unpaired) electrons. The molecule has 5 heteroatoms. The third-order valence-corrected chi connectivity index (χ3v) is 4.98. The highest BCUT2D eigenvalue weighted by atomic mass is 16.2. The molecular weight excluding hydrogens is 278 g/mol. The lowest BCUT2D eigenvalue weighted by Crippen LogP contribution is -2.42. The number of carbonyl (C=O) groups is 2. The minimum atomic E-state index is -0.196. The molecule has 2 aliphatic rings. The van der Waals surface area contributed by atoms with E-state index in [1.165, 1.54) is 32.1 Å². The Kier molecular flexibility index (Phi) is 6.70. The van der Waals surface area contributed by atoms with Crippen molar-refractivity contribution in [3.63, 3.8) is 0 Å². The van der Waals surface area contributed by atoms with Crippen LogP contribution in [0.3, 0.4) is 0 Å². The van der Waals surface area contributed by atoms with Gasteiger partial charge in [-0.3, -0.25) is 9.59 Å². The fourth-order valence-electron chi connectivity index (χ4n) is 3.55. The summed E-state index contributed by atoms with van der Waals surface area (Å²) in [6, 6.07) is 1.85. The van der Waals surface area contributed by atoms with E-state index in [4.69, 9.17) is 5.26 Å². The van der Waals surface area contributed by atoms with E-state index < -0.39 is 0 Å². The molecule has 0 spiro atoms. The first kappa shape index (κ1) is 16.8. The average molecular weight is 305 g/mol. The maximum absolute atomic E-state index is 12.3. The molecule has 22 heavy (non-hydrogen) atoms. The molecule has 0 unspecified atom stereocenters. The van der Waals surface area contributed by atoms with E-state index in [0.29, 0.717) is 24.3 Å². The van der Waals surface area contributed by atoms with Crippen LogP contribution in [0.5, 0.6) is 0 Å². The Morgan fingerprint density at radius 3 is 2.36 bits per heavy atom. The van der Waals surface area contributed by atoms with Gasteiger partial charge in [-0.2, -0.15) is 5.26 Å². The molecule has 0 bridgehead atoms. The number of carbonyl (C=O) groups excluding carboxylic acids is 2. The number of hydrogen-bond donors (Lipinski definition) is 1. The highest BCUT2D eigenvalue weighted by molar-refractivity contribution is 5.78. The highest BCUT2D eigenvalue weighted by Crippen LogP contribution is 2.27. The van der Waals surface area contributed by atoms with Crippen LogP contribution in [0.15, 0.2) is 0 Å². The molecule has 2 amide bonds. The topological polar surface area (TPSA) is 73.2 Å². The van der Waals surface area contributed by atoms with Crippen LogP contribution in [-0.4, -0.2) is 36.3 Å². The van der Waals surface area contributed by atoms with Gasteiger partial charge in [-0.05, 0) is 37.5 Å². The van der Waals surface area contributed by atoms with Gasteiger partial charge < -0.3 is 10.2 Å². The number of piperidine rings is 1. The lowest BCUT2D eigenvalue weighted by Gasteiger charge is -2.33.